The van der Waals surface area contributed by atoms with Crippen LogP contribution in [0.3, 0.4) is 0 Å². The van der Waals surface area contributed by atoms with Crippen LogP contribution in [0.15, 0.2) is 52.1 Å². The maximum absolute atomic E-state index is 12.5. The number of thioether (sulfide) groups is 1. The van der Waals surface area contributed by atoms with E-state index in [1.807, 2.05) is 32.9 Å². The molecule has 0 atom stereocenters. The Hall–Kier alpha value is -3.59. The third kappa shape index (κ3) is 5.09. The van der Waals surface area contributed by atoms with Crippen LogP contribution in [0.5, 0.6) is 17.2 Å². The standard InChI is InChI=1S/C24H24N4O4S/c1-14-9-15(2)11-18(10-14)31-7-8-32-20-6-5-17(13-21(20)30-4)12-19-22(25)28-24(26-23(19)29)33-16(3)27-28/h5-6,9-13,25H,7-8H2,1-4H3/b19-12+,25-22?. The van der Waals surface area contributed by atoms with Crippen LogP contribution in [0, 0.1) is 19.3 Å². The Kier molecular flexibility index (Phi) is 6.50. The summed E-state index contributed by atoms with van der Waals surface area (Å²) in [7, 11) is 1.55. The Morgan fingerprint density at radius 3 is 2.48 bits per heavy atom. The molecule has 2 aromatic rings. The number of aryl methyl sites for hydroxylation is 2. The molecule has 4 rings (SSSR count). The molecular formula is C24H24N4O4S. The number of nitrogens with zero attached hydrogens (tertiary/aromatic N) is 3. The number of rotatable bonds is 7. The summed E-state index contributed by atoms with van der Waals surface area (Å²) in [6, 6.07) is 11.4. The van der Waals surface area contributed by atoms with Crippen molar-refractivity contribution < 1.29 is 19.0 Å². The summed E-state index contributed by atoms with van der Waals surface area (Å²) in [5, 5.41) is 15.1. The number of carbonyl (C=O) groups excluding carboxylic acids is 1. The summed E-state index contributed by atoms with van der Waals surface area (Å²) >= 11 is 1.27. The van der Waals surface area contributed by atoms with Crippen LogP contribution in [-0.4, -0.2) is 47.3 Å². The van der Waals surface area contributed by atoms with Gasteiger partial charge in [-0.2, -0.15) is 15.1 Å². The first-order valence-electron chi connectivity index (χ1n) is 10.3. The molecule has 0 radical (unpaired) electrons. The number of benzene rings is 2. The third-order valence-corrected chi connectivity index (χ3v) is 5.68. The van der Waals surface area contributed by atoms with E-state index in [1.54, 1.807) is 31.4 Å². The van der Waals surface area contributed by atoms with E-state index < -0.39 is 5.91 Å². The predicted octanol–water partition coefficient (Wildman–Crippen LogP) is 4.41. The zero-order chi connectivity index (χ0) is 23.5. The Morgan fingerprint density at radius 1 is 1.03 bits per heavy atom. The monoisotopic (exact) mass is 464 g/mol. The molecule has 2 heterocycles. The zero-order valence-electron chi connectivity index (χ0n) is 18.8. The van der Waals surface area contributed by atoms with Crippen molar-refractivity contribution in [3.05, 3.63) is 58.7 Å². The number of hydrogen-bond donors (Lipinski definition) is 1. The van der Waals surface area contributed by atoms with Gasteiger partial charge in [0.2, 0.25) is 5.17 Å². The lowest BCUT2D eigenvalue weighted by molar-refractivity contribution is -0.114. The molecule has 0 spiro atoms. The lowest BCUT2D eigenvalue weighted by atomic mass is 10.1. The van der Waals surface area contributed by atoms with Crippen LogP contribution in [0.25, 0.3) is 6.08 Å². The van der Waals surface area contributed by atoms with Crippen molar-refractivity contribution in [2.75, 3.05) is 20.3 Å². The van der Waals surface area contributed by atoms with Gasteiger partial charge in [-0.25, -0.2) is 0 Å². The van der Waals surface area contributed by atoms with Crippen molar-refractivity contribution in [2.45, 2.75) is 20.8 Å². The van der Waals surface area contributed by atoms with Crippen LogP contribution in [-0.2, 0) is 4.79 Å². The molecule has 0 saturated heterocycles. The van der Waals surface area contributed by atoms with Gasteiger partial charge in [0, 0.05) is 0 Å². The average molecular weight is 465 g/mol. The number of ether oxygens (including phenoxy) is 3. The fourth-order valence-corrected chi connectivity index (χ4v) is 4.21. The van der Waals surface area contributed by atoms with Crippen LogP contribution in [0.1, 0.15) is 23.6 Å². The number of hydrazone groups is 1. The van der Waals surface area contributed by atoms with Crippen molar-refractivity contribution in [1.82, 2.24) is 5.01 Å². The first-order chi connectivity index (χ1) is 15.8. The van der Waals surface area contributed by atoms with Crippen LogP contribution < -0.4 is 14.2 Å². The molecule has 0 bridgehead atoms. The molecular weight excluding hydrogens is 440 g/mol. The normalized spacial score (nSPS) is 16.5. The van der Waals surface area contributed by atoms with Gasteiger partial charge in [0.25, 0.3) is 5.91 Å². The summed E-state index contributed by atoms with van der Waals surface area (Å²) in [5.41, 5.74) is 3.14. The van der Waals surface area contributed by atoms with E-state index in [0.29, 0.717) is 35.4 Å². The smallest absolute Gasteiger partial charge is 0.283 e. The largest absolute Gasteiger partial charge is 0.493 e. The minimum atomic E-state index is -0.466. The van der Waals surface area contributed by atoms with Gasteiger partial charge in [-0.05, 0) is 79.6 Å². The van der Waals surface area contributed by atoms with Crippen molar-refractivity contribution in [2.24, 2.45) is 10.1 Å². The van der Waals surface area contributed by atoms with Gasteiger partial charge >= 0.3 is 0 Å². The van der Waals surface area contributed by atoms with Gasteiger partial charge in [0.05, 0.1) is 17.7 Å². The van der Waals surface area contributed by atoms with Gasteiger partial charge in [0.1, 0.15) is 19.0 Å². The number of nitrogens with one attached hydrogen (secondary N) is 1. The van der Waals surface area contributed by atoms with Crippen molar-refractivity contribution in [3.63, 3.8) is 0 Å². The quantitative estimate of drug-likeness (QED) is 0.482. The van der Waals surface area contributed by atoms with Crippen molar-refractivity contribution >= 4 is 39.8 Å². The summed E-state index contributed by atoms with van der Waals surface area (Å²) < 4.78 is 17.1. The maximum atomic E-state index is 12.5. The molecule has 2 aliphatic heterocycles. The number of hydrogen-bond acceptors (Lipinski definition) is 7. The van der Waals surface area contributed by atoms with Gasteiger partial charge in [-0.15, -0.1) is 0 Å². The number of aliphatic imine (C=N–C) groups is 1. The zero-order valence-corrected chi connectivity index (χ0v) is 19.7. The Balaban J connectivity index is 1.43. The molecule has 2 aromatic carbocycles. The Morgan fingerprint density at radius 2 is 1.76 bits per heavy atom. The highest BCUT2D eigenvalue weighted by Crippen LogP contribution is 2.31. The number of carbonyl (C=O) groups is 1. The Labute approximate surface area is 196 Å². The van der Waals surface area contributed by atoms with Gasteiger partial charge in [0.15, 0.2) is 17.3 Å². The maximum Gasteiger partial charge on any atom is 0.283 e. The molecule has 33 heavy (non-hydrogen) atoms. The van der Waals surface area contributed by atoms with Gasteiger partial charge < -0.3 is 14.2 Å². The van der Waals surface area contributed by atoms with Crippen LogP contribution in [0.2, 0.25) is 0 Å². The van der Waals surface area contributed by atoms with E-state index in [4.69, 9.17) is 19.6 Å². The molecule has 2 aliphatic rings. The summed E-state index contributed by atoms with van der Waals surface area (Å²) in [6.45, 7) is 6.60. The fraction of sp³-hybridized carbons (Fsp3) is 0.250. The summed E-state index contributed by atoms with van der Waals surface area (Å²) in [4.78, 5) is 16.5. The Bertz CT molecular complexity index is 1200. The van der Waals surface area contributed by atoms with E-state index >= 15 is 0 Å². The third-order valence-electron chi connectivity index (χ3n) is 4.86. The van der Waals surface area contributed by atoms with Crippen molar-refractivity contribution in [3.8, 4) is 17.2 Å². The van der Waals surface area contributed by atoms with E-state index in [2.05, 4.69) is 16.2 Å². The average Bonchev–Trinajstić information content (AvgIpc) is 3.14. The summed E-state index contributed by atoms with van der Waals surface area (Å²) in [5.74, 6) is 1.42. The van der Waals surface area contributed by atoms with Gasteiger partial charge in [-0.1, -0.05) is 12.1 Å². The molecule has 0 aromatic heterocycles. The molecule has 9 heteroatoms. The molecule has 0 aliphatic carbocycles. The molecule has 0 saturated carbocycles. The minimum absolute atomic E-state index is 0.00261. The molecule has 0 fully saturated rings. The number of amidine groups is 2. The number of amides is 1. The molecule has 1 amide bonds. The molecule has 0 unspecified atom stereocenters. The lowest BCUT2D eigenvalue weighted by Crippen LogP contribution is -2.35. The second kappa shape index (κ2) is 9.50. The first-order valence-corrected chi connectivity index (χ1v) is 11.1. The van der Waals surface area contributed by atoms with Crippen LogP contribution >= 0.6 is 11.8 Å². The topological polar surface area (TPSA) is 96.6 Å². The highest BCUT2D eigenvalue weighted by Gasteiger charge is 2.34. The second-order valence-corrected chi connectivity index (χ2v) is 8.73. The second-order valence-electron chi connectivity index (χ2n) is 7.57. The van der Waals surface area contributed by atoms with Crippen molar-refractivity contribution in [1.29, 1.82) is 5.41 Å². The predicted molar refractivity (Wildman–Crippen MR) is 131 cm³/mol. The highest BCUT2D eigenvalue weighted by molar-refractivity contribution is 8.26. The van der Waals surface area contributed by atoms with E-state index in [9.17, 15) is 4.79 Å². The minimum Gasteiger partial charge on any atom is -0.493 e. The molecule has 170 valence electrons. The lowest BCUT2D eigenvalue weighted by Gasteiger charge is -2.20. The summed E-state index contributed by atoms with van der Waals surface area (Å²) in [6.07, 6.45) is 1.61. The van der Waals surface area contributed by atoms with E-state index in [1.165, 1.54) is 16.8 Å². The molecule has 8 nitrogen and oxygen atoms in total. The van der Waals surface area contributed by atoms with E-state index in [0.717, 1.165) is 21.9 Å². The number of fused-ring (bicyclic) bond motifs is 1. The first kappa shape index (κ1) is 22.6. The van der Waals surface area contributed by atoms with E-state index in [-0.39, 0.29) is 11.4 Å². The highest BCUT2D eigenvalue weighted by atomic mass is 32.2. The van der Waals surface area contributed by atoms with Crippen LogP contribution in [0.4, 0.5) is 0 Å². The molecule has 1 N–H and O–H groups in total. The SMILES string of the molecule is COc1cc(/C=C2\C(=N)N3N=C(C)SC3=NC2=O)ccc1OCCOc1cc(C)cc(C)c1. The van der Waals surface area contributed by atoms with Gasteiger partial charge in [-0.3, -0.25) is 10.2 Å². The number of methoxy groups -OCH3 is 1. The fourth-order valence-electron chi connectivity index (χ4n) is 3.47.